The summed E-state index contributed by atoms with van der Waals surface area (Å²) in [7, 11) is 1.52. The molecule has 1 aromatic heterocycles. The Balaban J connectivity index is 1.59. The molecule has 1 N–H and O–H groups in total. The van der Waals surface area contributed by atoms with E-state index in [9.17, 15) is 4.79 Å². The second-order valence-electron chi connectivity index (χ2n) is 6.86. The number of halogens is 2. The van der Waals surface area contributed by atoms with Gasteiger partial charge in [-0.25, -0.2) is 5.43 Å². The Hall–Kier alpha value is -3.09. The lowest BCUT2D eigenvalue weighted by molar-refractivity contribution is 0.0952. The second-order valence-corrected chi connectivity index (χ2v) is 8.19. The first kappa shape index (κ1) is 21.2. The van der Waals surface area contributed by atoms with E-state index in [0.29, 0.717) is 17.9 Å². The lowest BCUT2D eigenvalue weighted by Crippen LogP contribution is -2.18. The molecule has 0 aliphatic rings. The fourth-order valence-corrected chi connectivity index (χ4v) is 3.95. The standard InChI is InChI=1S/C24H19BrClN3O2/c1-31-23-11-10-18(25)12-20(23)24(30)28-27-13-17-15-29(22-9-5-3-7-19(17)22)14-16-6-2-4-8-21(16)26/h2-13,15H,14H2,1H3,(H,28,30)/b27-13-. The van der Waals surface area contributed by atoms with Crippen LogP contribution in [-0.2, 0) is 6.54 Å². The summed E-state index contributed by atoms with van der Waals surface area (Å²) < 4.78 is 8.17. The Morgan fingerprint density at radius 3 is 2.74 bits per heavy atom. The maximum Gasteiger partial charge on any atom is 0.275 e. The van der Waals surface area contributed by atoms with Crippen molar-refractivity contribution >= 4 is 50.6 Å². The number of nitrogens with zero attached hydrogens (tertiary/aromatic N) is 2. The molecule has 0 fully saturated rings. The molecule has 0 saturated carbocycles. The molecule has 156 valence electrons. The van der Waals surface area contributed by atoms with Crippen LogP contribution in [0.15, 0.2) is 82.5 Å². The van der Waals surface area contributed by atoms with Gasteiger partial charge in [0.25, 0.3) is 5.91 Å². The monoisotopic (exact) mass is 495 g/mol. The highest BCUT2D eigenvalue weighted by atomic mass is 79.9. The quantitative estimate of drug-likeness (QED) is 0.268. The van der Waals surface area contributed by atoms with Gasteiger partial charge in [0.1, 0.15) is 5.75 Å². The topological polar surface area (TPSA) is 55.6 Å². The van der Waals surface area contributed by atoms with E-state index in [1.54, 1.807) is 18.3 Å². The number of hydrazone groups is 1. The third kappa shape index (κ3) is 4.65. The Morgan fingerprint density at radius 1 is 1.16 bits per heavy atom. The van der Waals surface area contributed by atoms with Gasteiger partial charge in [0.15, 0.2) is 0 Å². The Labute approximate surface area is 193 Å². The number of nitrogens with one attached hydrogen (secondary N) is 1. The molecule has 0 atom stereocenters. The van der Waals surface area contributed by atoms with Crippen LogP contribution in [0.1, 0.15) is 21.5 Å². The van der Waals surface area contributed by atoms with Gasteiger partial charge in [0.2, 0.25) is 0 Å². The lowest BCUT2D eigenvalue weighted by atomic mass is 10.2. The van der Waals surface area contributed by atoms with Crippen molar-refractivity contribution in [2.45, 2.75) is 6.54 Å². The summed E-state index contributed by atoms with van der Waals surface area (Å²) in [5.74, 6) is 0.126. The summed E-state index contributed by atoms with van der Waals surface area (Å²) in [5.41, 5.74) is 5.96. The summed E-state index contributed by atoms with van der Waals surface area (Å²) >= 11 is 9.72. The number of fused-ring (bicyclic) bond motifs is 1. The molecule has 0 spiro atoms. The second kappa shape index (κ2) is 9.37. The lowest BCUT2D eigenvalue weighted by Gasteiger charge is -2.07. The van der Waals surface area contributed by atoms with Crippen molar-refractivity contribution < 1.29 is 9.53 Å². The number of carbonyl (C=O) groups is 1. The van der Waals surface area contributed by atoms with Crippen LogP contribution in [0.4, 0.5) is 0 Å². The summed E-state index contributed by atoms with van der Waals surface area (Å²) in [6.45, 7) is 0.635. The Kier molecular flexibility index (Phi) is 6.39. The zero-order valence-electron chi connectivity index (χ0n) is 16.7. The van der Waals surface area contributed by atoms with Crippen molar-refractivity contribution in [3.63, 3.8) is 0 Å². The normalized spacial score (nSPS) is 11.2. The molecular weight excluding hydrogens is 478 g/mol. The number of methoxy groups -OCH3 is 1. The van der Waals surface area contributed by atoms with E-state index in [-0.39, 0.29) is 5.91 Å². The van der Waals surface area contributed by atoms with Crippen LogP contribution in [0.5, 0.6) is 5.75 Å². The minimum atomic E-state index is -0.353. The largest absolute Gasteiger partial charge is 0.496 e. The number of ether oxygens (including phenoxy) is 1. The summed E-state index contributed by atoms with van der Waals surface area (Å²) in [6.07, 6.45) is 3.65. The van der Waals surface area contributed by atoms with E-state index in [0.717, 1.165) is 31.5 Å². The molecule has 7 heteroatoms. The Morgan fingerprint density at radius 2 is 1.94 bits per heavy atom. The predicted octanol–water partition coefficient (Wildman–Crippen LogP) is 5.88. The molecule has 0 radical (unpaired) electrons. The average molecular weight is 497 g/mol. The maximum atomic E-state index is 12.6. The van der Waals surface area contributed by atoms with E-state index in [1.165, 1.54) is 7.11 Å². The molecule has 3 aromatic carbocycles. The minimum Gasteiger partial charge on any atom is -0.496 e. The molecule has 1 heterocycles. The fraction of sp³-hybridized carbons (Fsp3) is 0.0833. The third-order valence-corrected chi connectivity index (χ3v) is 5.76. The van der Waals surface area contributed by atoms with E-state index < -0.39 is 0 Å². The number of rotatable bonds is 6. The van der Waals surface area contributed by atoms with Gasteiger partial charge in [-0.2, -0.15) is 5.10 Å². The molecule has 0 saturated heterocycles. The van der Waals surface area contributed by atoms with Crippen LogP contribution in [0, 0.1) is 0 Å². The minimum absolute atomic E-state index is 0.353. The molecule has 1 amide bonds. The van der Waals surface area contributed by atoms with E-state index in [1.807, 2.05) is 54.7 Å². The van der Waals surface area contributed by atoms with Crippen molar-refractivity contribution in [1.82, 2.24) is 9.99 Å². The van der Waals surface area contributed by atoms with Gasteiger partial charge in [0, 0.05) is 38.7 Å². The van der Waals surface area contributed by atoms with Gasteiger partial charge in [-0.15, -0.1) is 0 Å². The van der Waals surface area contributed by atoms with Crippen LogP contribution in [0.2, 0.25) is 5.02 Å². The van der Waals surface area contributed by atoms with Gasteiger partial charge in [0.05, 0.1) is 18.9 Å². The first-order chi connectivity index (χ1) is 15.1. The molecule has 0 unspecified atom stereocenters. The zero-order chi connectivity index (χ0) is 21.8. The van der Waals surface area contributed by atoms with Crippen molar-refractivity contribution in [1.29, 1.82) is 0 Å². The number of benzene rings is 3. The van der Waals surface area contributed by atoms with E-state index in [2.05, 4.69) is 37.1 Å². The highest BCUT2D eigenvalue weighted by molar-refractivity contribution is 9.10. The SMILES string of the molecule is COc1ccc(Br)cc1C(=O)N/N=C\c1cn(Cc2ccccc2Cl)c2ccccc12. The number of para-hydroxylation sites is 1. The smallest absolute Gasteiger partial charge is 0.275 e. The van der Waals surface area contributed by atoms with E-state index in [4.69, 9.17) is 16.3 Å². The molecule has 5 nitrogen and oxygen atoms in total. The average Bonchev–Trinajstić information content (AvgIpc) is 3.13. The van der Waals surface area contributed by atoms with Crippen LogP contribution in [0.25, 0.3) is 10.9 Å². The van der Waals surface area contributed by atoms with Crippen molar-refractivity contribution in [3.05, 3.63) is 99.1 Å². The fourth-order valence-electron chi connectivity index (χ4n) is 3.40. The van der Waals surface area contributed by atoms with Crippen LogP contribution >= 0.6 is 27.5 Å². The molecule has 31 heavy (non-hydrogen) atoms. The highest BCUT2D eigenvalue weighted by Crippen LogP contribution is 2.24. The molecule has 4 aromatic rings. The summed E-state index contributed by atoms with van der Waals surface area (Å²) in [6, 6.07) is 21.1. The first-order valence-electron chi connectivity index (χ1n) is 9.55. The van der Waals surface area contributed by atoms with Gasteiger partial charge >= 0.3 is 0 Å². The molecule has 0 bridgehead atoms. The highest BCUT2D eigenvalue weighted by Gasteiger charge is 2.13. The maximum absolute atomic E-state index is 12.6. The van der Waals surface area contributed by atoms with E-state index >= 15 is 0 Å². The number of aromatic nitrogens is 1. The number of hydrogen-bond acceptors (Lipinski definition) is 3. The van der Waals surface area contributed by atoms with Gasteiger partial charge in [-0.3, -0.25) is 4.79 Å². The van der Waals surface area contributed by atoms with Crippen molar-refractivity contribution in [2.75, 3.05) is 7.11 Å². The summed E-state index contributed by atoms with van der Waals surface area (Å²) in [5, 5.41) is 5.94. The van der Waals surface area contributed by atoms with Crippen molar-refractivity contribution in [3.8, 4) is 5.75 Å². The number of carbonyl (C=O) groups excluding carboxylic acids is 1. The Bertz CT molecular complexity index is 1280. The van der Waals surface area contributed by atoms with Gasteiger partial charge in [-0.05, 0) is 35.9 Å². The van der Waals surface area contributed by atoms with Crippen LogP contribution in [0.3, 0.4) is 0 Å². The zero-order valence-corrected chi connectivity index (χ0v) is 19.0. The molecule has 4 rings (SSSR count). The first-order valence-corrected chi connectivity index (χ1v) is 10.7. The van der Waals surface area contributed by atoms with Crippen LogP contribution < -0.4 is 10.2 Å². The van der Waals surface area contributed by atoms with Crippen LogP contribution in [-0.4, -0.2) is 23.8 Å². The van der Waals surface area contributed by atoms with Crippen molar-refractivity contribution in [2.24, 2.45) is 5.10 Å². The van der Waals surface area contributed by atoms with Gasteiger partial charge in [-0.1, -0.05) is 63.9 Å². The number of amides is 1. The van der Waals surface area contributed by atoms with Gasteiger partial charge < -0.3 is 9.30 Å². The predicted molar refractivity (Wildman–Crippen MR) is 128 cm³/mol. The number of hydrogen-bond donors (Lipinski definition) is 1. The molecule has 0 aliphatic heterocycles. The summed E-state index contributed by atoms with van der Waals surface area (Å²) in [4.78, 5) is 12.6. The molecule has 0 aliphatic carbocycles. The third-order valence-electron chi connectivity index (χ3n) is 4.89. The molecular formula is C24H19BrClN3O2.